The van der Waals surface area contributed by atoms with Crippen LogP contribution < -0.4 is 5.73 Å². The normalized spacial score (nSPS) is 26.3. The predicted octanol–water partition coefficient (Wildman–Crippen LogP) is 0.834. The molecule has 0 bridgehead atoms. The van der Waals surface area contributed by atoms with Crippen molar-refractivity contribution in [3.8, 4) is 0 Å². The number of hydrogen-bond acceptors (Lipinski definition) is 3. The van der Waals surface area contributed by atoms with Crippen LogP contribution in [0.25, 0.3) is 0 Å². The van der Waals surface area contributed by atoms with Gasteiger partial charge in [0.1, 0.15) is 0 Å². The third-order valence-electron chi connectivity index (χ3n) is 2.39. The molecule has 0 aliphatic carbocycles. The van der Waals surface area contributed by atoms with Crippen molar-refractivity contribution in [2.24, 2.45) is 5.73 Å². The zero-order valence-electron chi connectivity index (χ0n) is 8.83. The molecule has 0 spiro atoms. The molecule has 2 atom stereocenters. The minimum Gasteiger partial charge on any atom is -0.377 e. The Morgan fingerprint density at radius 1 is 1.54 bits per heavy atom. The number of rotatable bonds is 4. The van der Waals surface area contributed by atoms with E-state index in [1.807, 2.05) is 6.92 Å². The number of likely N-dealkylation sites (N-methyl/N-ethyl adjacent to an activating group) is 1. The highest BCUT2D eigenvalue weighted by atomic mass is 16.5. The van der Waals surface area contributed by atoms with Crippen molar-refractivity contribution in [3.63, 3.8) is 0 Å². The zero-order chi connectivity index (χ0) is 9.68. The van der Waals surface area contributed by atoms with E-state index in [0.29, 0.717) is 6.10 Å². The molecule has 0 aromatic heterocycles. The Labute approximate surface area is 81.2 Å². The fourth-order valence-electron chi connectivity index (χ4n) is 1.87. The van der Waals surface area contributed by atoms with Crippen molar-refractivity contribution >= 4 is 0 Å². The summed E-state index contributed by atoms with van der Waals surface area (Å²) < 4.78 is 5.65. The van der Waals surface area contributed by atoms with Crippen LogP contribution in [-0.2, 0) is 4.74 Å². The van der Waals surface area contributed by atoms with Crippen LogP contribution in [0.15, 0.2) is 0 Å². The summed E-state index contributed by atoms with van der Waals surface area (Å²) in [6.07, 6.45) is 4.20. The highest BCUT2D eigenvalue weighted by Crippen LogP contribution is 2.13. The van der Waals surface area contributed by atoms with Gasteiger partial charge in [0, 0.05) is 25.7 Å². The lowest BCUT2D eigenvalue weighted by Crippen LogP contribution is -2.39. The van der Waals surface area contributed by atoms with E-state index >= 15 is 0 Å². The van der Waals surface area contributed by atoms with Crippen LogP contribution in [0.3, 0.4) is 0 Å². The molecular weight excluding hydrogens is 164 g/mol. The maximum atomic E-state index is 5.72. The van der Waals surface area contributed by atoms with E-state index < -0.39 is 0 Å². The van der Waals surface area contributed by atoms with Gasteiger partial charge in [-0.15, -0.1) is 0 Å². The molecule has 1 rings (SSSR count). The SMILES string of the molecule is CC(N)CN(C)CC1CCCCO1. The van der Waals surface area contributed by atoms with Crippen molar-refractivity contribution in [2.45, 2.75) is 38.3 Å². The summed E-state index contributed by atoms with van der Waals surface area (Å²) in [5, 5.41) is 0. The first kappa shape index (κ1) is 11.0. The Balaban J connectivity index is 2.14. The molecule has 2 N–H and O–H groups in total. The van der Waals surface area contributed by atoms with E-state index in [4.69, 9.17) is 10.5 Å². The van der Waals surface area contributed by atoms with Crippen LogP contribution in [0, 0.1) is 0 Å². The standard InChI is InChI=1S/C10H22N2O/c1-9(11)7-12(2)8-10-5-3-4-6-13-10/h9-10H,3-8,11H2,1-2H3. The second kappa shape index (κ2) is 5.58. The summed E-state index contributed by atoms with van der Waals surface area (Å²) in [6, 6.07) is 0.258. The first-order valence-electron chi connectivity index (χ1n) is 5.24. The monoisotopic (exact) mass is 186 g/mol. The topological polar surface area (TPSA) is 38.5 Å². The minimum absolute atomic E-state index is 0.258. The third kappa shape index (κ3) is 4.60. The van der Waals surface area contributed by atoms with Gasteiger partial charge in [-0.1, -0.05) is 0 Å². The fraction of sp³-hybridized carbons (Fsp3) is 1.00. The van der Waals surface area contributed by atoms with E-state index in [9.17, 15) is 0 Å². The largest absolute Gasteiger partial charge is 0.377 e. The quantitative estimate of drug-likeness (QED) is 0.707. The minimum atomic E-state index is 0.258. The fourth-order valence-corrected chi connectivity index (χ4v) is 1.87. The highest BCUT2D eigenvalue weighted by molar-refractivity contribution is 4.69. The first-order chi connectivity index (χ1) is 6.18. The summed E-state index contributed by atoms with van der Waals surface area (Å²) >= 11 is 0. The molecule has 0 aromatic carbocycles. The second-order valence-corrected chi connectivity index (χ2v) is 4.19. The van der Waals surface area contributed by atoms with Crippen LogP contribution in [0.4, 0.5) is 0 Å². The van der Waals surface area contributed by atoms with Crippen molar-refractivity contribution in [2.75, 3.05) is 26.7 Å². The summed E-state index contributed by atoms with van der Waals surface area (Å²) in [5.74, 6) is 0. The molecule has 0 amide bonds. The van der Waals surface area contributed by atoms with Gasteiger partial charge in [0.15, 0.2) is 0 Å². The molecule has 1 fully saturated rings. The second-order valence-electron chi connectivity index (χ2n) is 4.19. The van der Waals surface area contributed by atoms with Crippen molar-refractivity contribution in [1.29, 1.82) is 0 Å². The van der Waals surface area contributed by atoms with Crippen molar-refractivity contribution in [3.05, 3.63) is 0 Å². The van der Waals surface area contributed by atoms with Gasteiger partial charge in [0.25, 0.3) is 0 Å². The molecule has 78 valence electrons. The van der Waals surface area contributed by atoms with Crippen LogP contribution in [0.2, 0.25) is 0 Å². The van der Waals surface area contributed by atoms with Gasteiger partial charge >= 0.3 is 0 Å². The van der Waals surface area contributed by atoms with Gasteiger partial charge in [0.2, 0.25) is 0 Å². The van der Waals surface area contributed by atoms with E-state index in [0.717, 1.165) is 19.7 Å². The smallest absolute Gasteiger partial charge is 0.0701 e. The van der Waals surface area contributed by atoms with Crippen LogP contribution in [-0.4, -0.2) is 43.8 Å². The lowest BCUT2D eigenvalue weighted by molar-refractivity contribution is -0.00190. The molecule has 0 saturated carbocycles. The molecule has 3 heteroatoms. The number of nitrogens with zero attached hydrogens (tertiary/aromatic N) is 1. The molecule has 1 aliphatic rings. The Kier molecular flexibility index (Phi) is 4.70. The summed E-state index contributed by atoms with van der Waals surface area (Å²) in [6.45, 7) is 4.97. The van der Waals surface area contributed by atoms with E-state index in [-0.39, 0.29) is 6.04 Å². The summed E-state index contributed by atoms with van der Waals surface area (Å²) in [4.78, 5) is 2.26. The maximum Gasteiger partial charge on any atom is 0.0701 e. The van der Waals surface area contributed by atoms with Gasteiger partial charge in [-0.2, -0.15) is 0 Å². The molecular formula is C10H22N2O. The molecule has 2 unspecified atom stereocenters. The Morgan fingerprint density at radius 3 is 2.85 bits per heavy atom. The lowest BCUT2D eigenvalue weighted by atomic mass is 10.1. The number of hydrogen-bond donors (Lipinski definition) is 1. The molecule has 1 heterocycles. The van der Waals surface area contributed by atoms with E-state index in [1.54, 1.807) is 0 Å². The molecule has 0 aromatic rings. The number of ether oxygens (including phenoxy) is 1. The predicted molar refractivity (Wildman–Crippen MR) is 54.7 cm³/mol. The number of nitrogens with two attached hydrogens (primary N) is 1. The molecule has 3 nitrogen and oxygen atoms in total. The third-order valence-corrected chi connectivity index (χ3v) is 2.39. The van der Waals surface area contributed by atoms with Gasteiger partial charge in [-0.05, 0) is 33.2 Å². The Hall–Kier alpha value is -0.120. The summed E-state index contributed by atoms with van der Waals surface area (Å²) in [5.41, 5.74) is 5.72. The molecule has 0 radical (unpaired) electrons. The van der Waals surface area contributed by atoms with Gasteiger partial charge in [-0.3, -0.25) is 0 Å². The summed E-state index contributed by atoms with van der Waals surface area (Å²) in [7, 11) is 2.11. The Morgan fingerprint density at radius 2 is 2.31 bits per heavy atom. The van der Waals surface area contributed by atoms with E-state index in [2.05, 4.69) is 11.9 Å². The average Bonchev–Trinajstić information content (AvgIpc) is 2.04. The molecule has 1 aliphatic heterocycles. The molecule has 13 heavy (non-hydrogen) atoms. The van der Waals surface area contributed by atoms with Gasteiger partial charge in [-0.25, -0.2) is 0 Å². The van der Waals surface area contributed by atoms with Crippen molar-refractivity contribution in [1.82, 2.24) is 4.90 Å². The van der Waals surface area contributed by atoms with Crippen molar-refractivity contribution < 1.29 is 4.74 Å². The zero-order valence-corrected chi connectivity index (χ0v) is 8.83. The van der Waals surface area contributed by atoms with Gasteiger partial charge in [0.05, 0.1) is 6.10 Å². The van der Waals surface area contributed by atoms with Crippen LogP contribution >= 0.6 is 0 Å². The first-order valence-corrected chi connectivity index (χ1v) is 5.24. The van der Waals surface area contributed by atoms with Crippen LogP contribution in [0.1, 0.15) is 26.2 Å². The highest BCUT2D eigenvalue weighted by Gasteiger charge is 2.15. The van der Waals surface area contributed by atoms with Crippen LogP contribution in [0.5, 0.6) is 0 Å². The lowest BCUT2D eigenvalue weighted by Gasteiger charge is -2.28. The maximum absolute atomic E-state index is 5.72. The molecule has 1 saturated heterocycles. The van der Waals surface area contributed by atoms with Gasteiger partial charge < -0.3 is 15.4 Å². The van der Waals surface area contributed by atoms with E-state index in [1.165, 1.54) is 19.3 Å². The Bertz CT molecular complexity index is 133. The average molecular weight is 186 g/mol.